The molecule has 0 spiro atoms. The van der Waals surface area contributed by atoms with E-state index in [4.69, 9.17) is 4.74 Å². The summed E-state index contributed by atoms with van der Waals surface area (Å²) < 4.78 is 5.69. The molecule has 148 valence electrons. The molecule has 0 atom stereocenters. The molecule has 6 nitrogen and oxygen atoms in total. The predicted molar refractivity (Wildman–Crippen MR) is 107 cm³/mol. The number of ether oxygens (including phenoxy) is 1. The second-order valence-corrected chi connectivity index (χ2v) is 7.01. The van der Waals surface area contributed by atoms with Crippen LogP contribution in [0.15, 0.2) is 48.7 Å². The van der Waals surface area contributed by atoms with Crippen LogP contribution >= 0.6 is 0 Å². The van der Waals surface area contributed by atoms with Crippen molar-refractivity contribution in [2.45, 2.75) is 26.2 Å². The van der Waals surface area contributed by atoms with Crippen LogP contribution in [0.2, 0.25) is 0 Å². The fraction of sp³-hybridized carbons (Fsp3) is 0.409. The van der Waals surface area contributed by atoms with Gasteiger partial charge >= 0.3 is 0 Å². The molecular weight excluding hydrogens is 354 g/mol. The van der Waals surface area contributed by atoms with E-state index in [9.17, 15) is 9.59 Å². The maximum Gasteiger partial charge on any atom is 0.272 e. The molecule has 1 saturated heterocycles. The van der Waals surface area contributed by atoms with E-state index in [2.05, 4.69) is 4.98 Å². The maximum atomic E-state index is 12.5. The lowest BCUT2D eigenvalue weighted by Gasteiger charge is -2.22. The van der Waals surface area contributed by atoms with E-state index < -0.39 is 0 Å². The minimum absolute atomic E-state index is 0.0682. The first-order valence-electron chi connectivity index (χ1n) is 9.81. The van der Waals surface area contributed by atoms with E-state index in [1.165, 1.54) is 5.56 Å². The lowest BCUT2D eigenvalue weighted by molar-refractivity contribution is -0.131. The van der Waals surface area contributed by atoms with E-state index in [0.29, 0.717) is 51.3 Å². The number of hydrogen-bond acceptors (Lipinski definition) is 4. The monoisotopic (exact) mass is 381 g/mol. The Bertz CT molecular complexity index is 777. The average molecular weight is 381 g/mol. The molecule has 0 bridgehead atoms. The van der Waals surface area contributed by atoms with E-state index >= 15 is 0 Å². The molecule has 2 aromatic rings. The zero-order chi connectivity index (χ0) is 19.8. The van der Waals surface area contributed by atoms with E-state index in [1.54, 1.807) is 23.2 Å². The minimum Gasteiger partial charge on any atom is -0.494 e. The van der Waals surface area contributed by atoms with Gasteiger partial charge in [0.2, 0.25) is 5.91 Å². The quantitative estimate of drug-likeness (QED) is 0.722. The molecule has 2 heterocycles. The number of amides is 2. The third-order valence-electron chi connectivity index (χ3n) is 4.84. The van der Waals surface area contributed by atoms with Crippen LogP contribution in [0.5, 0.6) is 5.75 Å². The lowest BCUT2D eigenvalue weighted by Crippen LogP contribution is -2.37. The van der Waals surface area contributed by atoms with E-state index in [1.807, 2.05) is 42.2 Å². The van der Waals surface area contributed by atoms with Crippen molar-refractivity contribution in [2.24, 2.45) is 0 Å². The summed E-state index contributed by atoms with van der Waals surface area (Å²) in [6.45, 7) is 5.00. The fourth-order valence-corrected chi connectivity index (χ4v) is 3.23. The van der Waals surface area contributed by atoms with Gasteiger partial charge in [-0.25, -0.2) is 0 Å². The number of aromatic nitrogens is 1. The molecule has 1 aromatic heterocycles. The molecule has 0 saturated carbocycles. The van der Waals surface area contributed by atoms with Crippen molar-refractivity contribution in [3.05, 3.63) is 59.9 Å². The number of nitrogens with zero attached hydrogens (tertiary/aromatic N) is 3. The molecule has 1 aliphatic heterocycles. The number of benzene rings is 1. The molecule has 0 N–H and O–H groups in total. The van der Waals surface area contributed by atoms with Crippen molar-refractivity contribution < 1.29 is 14.3 Å². The van der Waals surface area contributed by atoms with Crippen molar-refractivity contribution in [2.75, 3.05) is 32.8 Å². The molecular formula is C22H27N3O3. The smallest absolute Gasteiger partial charge is 0.272 e. The molecule has 0 radical (unpaired) electrons. The molecule has 2 amide bonds. The first-order valence-corrected chi connectivity index (χ1v) is 9.81. The molecule has 0 aliphatic carbocycles. The van der Waals surface area contributed by atoms with Gasteiger partial charge in [0.1, 0.15) is 11.4 Å². The fourth-order valence-electron chi connectivity index (χ4n) is 3.23. The van der Waals surface area contributed by atoms with Gasteiger partial charge in [0.25, 0.3) is 5.91 Å². The Balaban J connectivity index is 1.41. The Hall–Kier alpha value is -2.89. The zero-order valence-corrected chi connectivity index (χ0v) is 16.3. The van der Waals surface area contributed by atoms with Gasteiger partial charge in [-0.3, -0.25) is 14.6 Å². The highest BCUT2D eigenvalue weighted by Crippen LogP contribution is 2.13. The summed E-state index contributed by atoms with van der Waals surface area (Å²) in [5.74, 6) is 0.887. The first-order chi connectivity index (χ1) is 13.6. The van der Waals surface area contributed by atoms with Crippen LogP contribution in [0.25, 0.3) is 0 Å². The Labute approximate surface area is 166 Å². The Morgan fingerprint density at radius 2 is 1.75 bits per heavy atom. The standard InChI is InChI=1S/C22H27N3O3/c1-18-8-10-19(11-9-18)28-17-4-7-21(26)24-13-5-14-25(16-15-24)22(27)20-6-2-3-12-23-20/h2-3,6,8-12H,4-5,7,13-17H2,1H3. The molecule has 1 aliphatic rings. The molecule has 0 unspecified atom stereocenters. The van der Waals surface area contributed by atoms with Crippen molar-refractivity contribution >= 4 is 11.8 Å². The van der Waals surface area contributed by atoms with Gasteiger partial charge in [0.05, 0.1) is 6.61 Å². The Kier molecular flexibility index (Phi) is 7.00. The van der Waals surface area contributed by atoms with Crippen LogP contribution in [-0.4, -0.2) is 59.4 Å². The second-order valence-electron chi connectivity index (χ2n) is 7.01. The number of hydrogen-bond donors (Lipinski definition) is 0. The molecule has 1 fully saturated rings. The van der Waals surface area contributed by atoms with Gasteiger partial charge in [-0.05, 0) is 44.0 Å². The SMILES string of the molecule is Cc1ccc(OCCCC(=O)N2CCCN(C(=O)c3ccccn3)CC2)cc1. The number of carbonyl (C=O) groups is 2. The van der Waals surface area contributed by atoms with Crippen molar-refractivity contribution in [3.8, 4) is 5.75 Å². The summed E-state index contributed by atoms with van der Waals surface area (Å²) >= 11 is 0. The van der Waals surface area contributed by atoms with Gasteiger partial charge in [-0.15, -0.1) is 0 Å². The number of rotatable bonds is 6. The summed E-state index contributed by atoms with van der Waals surface area (Å²) in [5, 5.41) is 0. The minimum atomic E-state index is -0.0682. The largest absolute Gasteiger partial charge is 0.494 e. The summed E-state index contributed by atoms with van der Waals surface area (Å²) in [4.78, 5) is 32.8. The third kappa shape index (κ3) is 5.55. The zero-order valence-electron chi connectivity index (χ0n) is 16.3. The van der Waals surface area contributed by atoms with Gasteiger partial charge in [0, 0.05) is 38.8 Å². The van der Waals surface area contributed by atoms with Crippen LogP contribution in [0.4, 0.5) is 0 Å². The first kappa shape index (κ1) is 19.9. The van der Waals surface area contributed by atoms with Gasteiger partial charge < -0.3 is 14.5 Å². The topological polar surface area (TPSA) is 62.7 Å². The molecule has 28 heavy (non-hydrogen) atoms. The number of carbonyl (C=O) groups excluding carboxylic acids is 2. The summed E-state index contributed by atoms with van der Waals surface area (Å²) in [6.07, 6.45) is 3.55. The van der Waals surface area contributed by atoms with Crippen LogP contribution in [0.3, 0.4) is 0 Å². The predicted octanol–water partition coefficient (Wildman–Crippen LogP) is 2.92. The maximum absolute atomic E-state index is 12.5. The summed E-state index contributed by atoms with van der Waals surface area (Å²) in [5.41, 5.74) is 1.65. The normalized spacial score (nSPS) is 14.5. The van der Waals surface area contributed by atoms with Crippen LogP contribution < -0.4 is 4.74 Å². The number of pyridine rings is 1. The van der Waals surface area contributed by atoms with Gasteiger partial charge in [0.15, 0.2) is 0 Å². The van der Waals surface area contributed by atoms with E-state index in [0.717, 1.165) is 12.2 Å². The van der Waals surface area contributed by atoms with Crippen molar-refractivity contribution in [1.82, 2.24) is 14.8 Å². The average Bonchev–Trinajstić information content (AvgIpc) is 2.99. The summed E-state index contributed by atoms with van der Waals surface area (Å²) in [7, 11) is 0. The third-order valence-corrected chi connectivity index (χ3v) is 4.84. The van der Waals surface area contributed by atoms with Crippen LogP contribution in [0, 0.1) is 6.92 Å². The lowest BCUT2D eigenvalue weighted by atomic mass is 10.2. The molecule has 6 heteroatoms. The van der Waals surface area contributed by atoms with Gasteiger partial charge in [-0.2, -0.15) is 0 Å². The van der Waals surface area contributed by atoms with Gasteiger partial charge in [-0.1, -0.05) is 23.8 Å². The van der Waals surface area contributed by atoms with Crippen LogP contribution in [0.1, 0.15) is 35.3 Å². The highest BCUT2D eigenvalue weighted by Gasteiger charge is 2.23. The second kappa shape index (κ2) is 9.88. The Morgan fingerprint density at radius 1 is 1.00 bits per heavy atom. The molecule has 1 aromatic carbocycles. The van der Waals surface area contributed by atoms with Crippen molar-refractivity contribution in [1.29, 1.82) is 0 Å². The number of aryl methyl sites for hydroxylation is 1. The van der Waals surface area contributed by atoms with Crippen LogP contribution in [-0.2, 0) is 4.79 Å². The Morgan fingerprint density at radius 3 is 2.50 bits per heavy atom. The van der Waals surface area contributed by atoms with E-state index in [-0.39, 0.29) is 11.8 Å². The highest BCUT2D eigenvalue weighted by atomic mass is 16.5. The summed E-state index contributed by atoms with van der Waals surface area (Å²) in [6, 6.07) is 13.2. The van der Waals surface area contributed by atoms with Crippen molar-refractivity contribution in [3.63, 3.8) is 0 Å². The molecule has 3 rings (SSSR count). The highest BCUT2D eigenvalue weighted by molar-refractivity contribution is 5.92.